The Labute approximate surface area is 175 Å². The lowest BCUT2D eigenvalue weighted by atomic mass is 10.0. The van der Waals surface area contributed by atoms with Gasteiger partial charge in [0.05, 0.1) is 30.9 Å². The van der Waals surface area contributed by atoms with Crippen LogP contribution in [0, 0.1) is 12.7 Å². The highest BCUT2D eigenvalue weighted by Crippen LogP contribution is 2.48. The fourth-order valence-electron chi connectivity index (χ4n) is 3.08. The first kappa shape index (κ1) is 23.0. The van der Waals surface area contributed by atoms with Gasteiger partial charge in [0, 0.05) is 0 Å². The van der Waals surface area contributed by atoms with Gasteiger partial charge < -0.3 is 19.3 Å². The van der Waals surface area contributed by atoms with E-state index in [2.05, 4.69) is 0 Å². The van der Waals surface area contributed by atoms with Gasteiger partial charge in [0.2, 0.25) is 5.75 Å². The Balaban J connectivity index is 2.18. The lowest BCUT2D eigenvalue weighted by Crippen LogP contribution is -2.12. The number of carbonyl (C=O) groups excluding carboxylic acids is 1. The van der Waals surface area contributed by atoms with Gasteiger partial charge in [0.1, 0.15) is 12.4 Å². The molecule has 158 valence electrons. The summed E-state index contributed by atoms with van der Waals surface area (Å²) in [6.45, 7) is 3.19. The van der Waals surface area contributed by atoms with Crippen molar-refractivity contribution in [2.75, 3.05) is 26.9 Å². The van der Waals surface area contributed by atoms with Crippen molar-refractivity contribution < 1.29 is 28.5 Å². The Hall–Kier alpha value is -2.31. The van der Waals surface area contributed by atoms with Gasteiger partial charge in [-0.15, -0.1) is 0 Å². The van der Waals surface area contributed by atoms with E-state index in [0.29, 0.717) is 36.1 Å². The minimum atomic E-state index is -0.232. The van der Waals surface area contributed by atoms with Crippen molar-refractivity contribution >= 4 is 17.4 Å². The molecule has 0 unspecified atom stereocenters. The van der Waals surface area contributed by atoms with Crippen LogP contribution in [0.3, 0.4) is 0 Å². The molecule has 0 spiro atoms. The molecule has 0 saturated heterocycles. The first-order valence-electron chi connectivity index (χ1n) is 9.43. The van der Waals surface area contributed by atoms with Gasteiger partial charge in [0.25, 0.3) is 0 Å². The topological polar surface area (TPSA) is 65.0 Å². The fourth-order valence-corrected chi connectivity index (χ4v) is 3.34. The van der Waals surface area contributed by atoms with Gasteiger partial charge >= 0.3 is 0 Å². The van der Waals surface area contributed by atoms with Crippen LogP contribution >= 0.6 is 11.6 Å². The maximum Gasteiger partial charge on any atom is 0.205 e. The summed E-state index contributed by atoms with van der Waals surface area (Å²) in [6, 6.07) is 6.68. The number of aliphatic hydroxyl groups excluding tert-OH is 1. The molecule has 0 saturated carbocycles. The number of hydrogen-bond donors (Lipinski definition) is 1. The minimum absolute atomic E-state index is 0.00580. The van der Waals surface area contributed by atoms with Crippen LogP contribution in [0.5, 0.6) is 17.2 Å². The lowest BCUT2D eigenvalue weighted by Gasteiger charge is -2.21. The molecule has 2 rings (SSSR count). The van der Waals surface area contributed by atoms with Crippen molar-refractivity contribution in [3.63, 3.8) is 0 Å². The number of aliphatic hydroxyl groups is 1. The van der Waals surface area contributed by atoms with E-state index in [1.165, 1.54) is 20.1 Å². The molecule has 0 aliphatic carbocycles. The molecule has 0 aliphatic heterocycles. The van der Waals surface area contributed by atoms with Crippen molar-refractivity contribution in [1.82, 2.24) is 0 Å². The van der Waals surface area contributed by atoms with Gasteiger partial charge in [-0.25, -0.2) is 4.39 Å². The van der Waals surface area contributed by atoms with Crippen molar-refractivity contribution in [3.05, 3.63) is 51.8 Å². The van der Waals surface area contributed by atoms with E-state index >= 15 is 0 Å². The molecule has 2 aromatic carbocycles. The number of hydrogen-bond acceptors (Lipinski definition) is 5. The lowest BCUT2D eigenvalue weighted by molar-refractivity contribution is 0.100. The molecule has 0 radical (unpaired) electrons. The summed E-state index contributed by atoms with van der Waals surface area (Å²) in [5.74, 6) is 0.263. The quantitative estimate of drug-likeness (QED) is 0.415. The molecule has 0 aromatic heterocycles. The van der Waals surface area contributed by atoms with Gasteiger partial charge in [-0.3, -0.25) is 4.79 Å². The summed E-state index contributed by atoms with van der Waals surface area (Å²) in [5, 5.41) is 9.41. The van der Waals surface area contributed by atoms with E-state index < -0.39 is 0 Å². The molecule has 2 aromatic rings. The first-order valence-corrected chi connectivity index (χ1v) is 9.81. The number of Topliss-reactive ketones (excluding diaryl/α,β-unsaturated/α-hetero) is 1. The maximum atomic E-state index is 13.7. The number of benzene rings is 2. The van der Waals surface area contributed by atoms with Gasteiger partial charge in [-0.2, -0.15) is 0 Å². The third-order valence-electron chi connectivity index (χ3n) is 4.48. The number of halogens is 2. The molecule has 1 N–H and O–H groups in total. The number of methoxy groups -OCH3 is 1. The summed E-state index contributed by atoms with van der Waals surface area (Å²) < 4.78 is 30.6. The molecule has 0 aliphatic rings. The summed E-state index contributed by atoms with van der Waals surface area (Å²) in [4.78, 5) is 12.2. The maximum absolute atomic E-state index is 13.7. The van der Waals surface area contributed by atoms with Gasteiger partial charge in [-0.1, -0.05) is 29.8 Å². The van der Waals surface area contributed by atoms with E-state index in [1.807, 2.05) is 6.07 Å². The minimum Gasteiger partial charge on any atom is -0.491 e. The Morgan fingerprint density at radius 1 is 1.10 bits per heavy atom. The normalized spacial score (nSPS) is 10.7. The number of carbonyl (C=O) groups is 1. The van der Waals surface area contributed by atoms with Crippen LogP contribution in [0.1, 0.15) is 41.3 Å². The number of ether oxygens (including phenoxy) is 3. The largest absolute Gasteiger partial charge is 0.491 e. The summed E-state index contributed by atoms with van der Waals surface area (Å²) in [7, 11) is 1.45. The molecule has 0 bridgehead atoms. The highest BCUT2D eigenvalue weighted by molar-refractivity contribution is 6.34. The molecular formula is C22H26ClFO5. The second-order valence-electron chi connectivity index (χ2n) is 6.53. The zero-order valence-electron chi connectivity index (χ0n) is 16.9. The van der Waals surface area contributed by atoms with Crippen LogP contribution in [-0.4, -0.2) is 37.8 Å². The van der Waals surface area contributed by atoms with Crippen LogP contribution in [0.2, 0.25) is 5.02 Å². The third-order valence-corrected chi connectivity index (χ3v) is 4.94. The molecule has 29 heavy (non-hydrogen) atoms. The van der Waals surface area contributed by atoms with E-state index in [-0.39, 0.29) is 47.1 Å². The molecule has 0 atom stereocenters. The monoisotopic (exact) mass is 424 g/mol. The van der Waals surface area contributed by atoms with Gasteiger partial charge in [-0.05, 0) is 50.3 Å². The SMILES string of the molecule is COc1c(Cl)c(C)c(C(C)=O)c(OCCO)c1OCCCCc1ccccc1F. The highest BCUT2D eigenvalue weighted by Gasteiger charge is 2.26. The van der Waals surface area contributed by atoms with E-state index in [4.69, 9.17) is 30.9 Å². The number of rotatable bonds is 11. The van der Waals surface area contributed by atoms with Crippen molar-refractivity contribution in [3.8, 4) is 17.2 Å². The second kappa shape index (κ2) is 11.0. The third kappa shape index (κ3) is 5.61. The summed E-state index contributed by atoms with van der Waals surface area (Å²) in [6.07, 6.45) is 1.96. The molecule has 0 fully saturated rings. The van der Waals surface area contributed by atoms with Crippen LogP contribution < -0.4 is 14.2 Å². The number of unbranched alkanes of at least 4 members (excludes halogenated alkanes) is 1. The first-order chi connectivity index (χ1) is 13.9. The second-order valence-corrected chi connectivity index (χ2v) is 6.91. The van der Waals surface area contributed by atoms with Gasteiger partial charge in [0.15, 0.2) is 17.3 Å². The highest BCUT2D eigenvalue weighted by atomic mass is 35.5. The standard InChI is InChI=1S/C22H26ClFO5/c1-14-18(15(2)26)20(29-13-11-25)22(21(27-3)19(14)23)28-12-7-6-9-16-8-4-5-10-17(16)24/h4-5,8,10,25H,6-7,9,11-13H2,1-3H3. The summed E-state index contributed by atoms with van der Waals surface area (Å²) in [5.41, 5.74) is 1.48. The van der Waals surface area contributed by atoms with E-state index in [1.54, 1.807) is 19.1 Å². The van der Waals surface area contributed by atoms with Crippen molar-refractivity contribution in [2.24, 2.45) is 0 Å². The van der Waals surface area contributed by atoms with E-state index in [0.717, 1.165) is 6.42 Å². The van der Waals surface area contributed by atoms with Crippen LogP contribution in [-0.2, 0) is 6.42 Å². The molecule has 7 heteroatoms. The molecule has 0 heterocycles. The van der Waals surface area contributed by atoms with Crippen LogP contribution in [0.4, 0.5) is 4.39 Å². The average molecular weight is 425 g/mol. The summed E-state index contributed by atoms with van der Waals surface area (Å²) >= 11 is 6.39. The van der Waals surface area contributed by atoms with Crippen molar-refractivity contribution in [2.45, 2.75) is 33.1 Å². The molecule has 0 amide bonds. The average Bonchev–Trinajstić information content (AvgIpc) is 2.70. The van der Waals surface area contributed by atoms with Crippen LogP contribution in [0.25, 0.3) is 0 Å². The molecule has 5 nitrogen and oxygen atoms in total. The van der Waals surface area contributed by atoms with Crippen LogP contribution in [0.15, 0.2) is 24.3 Å². The predicted octanol–water partition coefficient (Wildman–Crippen LogP) is 4.77. The Morgan fingerprint density at radius 3 is 2.41 bits per heavy atom. The fraction of sp³-hybridized carbons (Fsp3) is 0.409. The Bertz CT molecular complexity index is 854. The zero-order chi connectivity index (χ0) is 21.4. The predicted molar refractivity (Wildman–Crippen MR) is 110 cm³/mol. The number of ketones is 1. The van der Waals surface area contributed by atoms with E-state index in [9.17, 15) is 9.18 Å². The Kier molecular flexibility index (Phi) is 8.73. The van der Waals surface area contributed by atoms with Crippen molar-refractivity contribution in [1.29, 1.82) is 0 Å². The zero-order valence-corrected chi connectivity index (χ0v) is 17.6. The smallest absolute Gasteiger partial charge is 0.205 e. The number of aryl methyl sites for hydroxylation is 1. The Morgan fingerprint density at radius 2 is 1.79 bits per heavy atom. The molecular weight excluding hydrogens is 399 g/mol.